The summed E-state index contributed by atoms with van der Waals surface area (Å²) in [4.78, 5) is 41.3. The first kappa shape index (κ1) is 15.7. The monoisotopic (exact) mass is 379 g/mol. The van der Waals surface area contributed by atoms with Gasteiger partial charge in [0.05, 0.1) is 23.1 Å². The number of nitrogens with zero attached hydrogens (tertiary/aromatic N) is 3. The third-order valence-electron chi connectivity index (χ3n) is 3.98. The van der Waals surface area contributed by atoms with E-state index in [-0.39, 0.29) is 24.6 Å². The Bertz CT molecular complexity index is 848. The van der Waals surface area contributed by atoms with E-state index in [4.69, 9.17) is 5.11 Å². The Kier molecular flexibility index (Phi) is 4.16. The maximum Gasteiger partial charge on any atom is 0.308 e. The second-order valence-corrected chi connectivity index (χ2v) is 6.42. The zero-order valence-electron chi connectivity index (χ0n) is 12.1. The number of carboxylic acid groups (broad SMARTS) is 1. The zero-order chi connectivity index (χ0) is 16.6. The molecule has 3 rings (SSSR count). The van der Waals surface area contributed by atoms with Crippen LogP contribution in [0.25, 0.3) is 10.9 Å². The van der Waals surface area contributed by atoms with Crippen LogP contribution in [0, 0.1) is 5.92 Å². The summed E-state index contributed by atoms with van der Waals surface area (Å²) in [6, 6.07) is 5.19. The van der Waals surface area contributed by atoms with Crippen molar-refractivity contribution in [2.75, 3.05) is 13.1 Å². The Balaban J connectivity index is 1.82. The van der Waals surface area contributed by atoms with Crippen LogP contribution in [-0.4, -0.2) is 44.5 Å². The molecule has 0 unspecified atom stereocenters. The molecule has 0 bridgehead atoms. The van der Waals surface area contributed by atoms with E-state index in [9.17, 15) is 14.4 Å². The SMILES string of the molecule is O=C(O)[C@H]1CCN(C(=O)Cn2cnc3ccc(Br)cc3c2=O)C1. The number of amides is 1. The lowest BCUT2D eigenvalue weighted by Crippen LogP contribution is -2.35. The van der Waals surface area contributed by atoms with Crippen LogP contribution in [0.5, 0.6) is 0 Å². The average molecular weight is 380 g/mol. The standard InChI is InChI=1S/C15H14BrN3O4/c16-10-1-2-12-11(5-10)14(21)19(8-17-12)7-13(20)18-4-3-9(6-18)15(22)23/h1-2,5,8-9H,3-4,6-7H2,(H,22,23)/t9-/m0/s1. The largest absolute Gasteiger partial charge is 0.481 e. The lowest BCUT2D eigenvalue weighted by Gasteiger charge is -2.16. The molecule has 0 radical (unpaired) electrons. The van der Waals surface area contributed by atoms with Gasteiger partial charge >= 0.3 is 5.97 Å². The summed E-state index contributed by atoms with van der Waals surface area (Å²) < 4.78 is 2.02. The Morgan fingerprint density at radius 3 is 2.87 bits per heavy atom. The van der Waals surface area contributed by atoms with Crippen molar-refractivity contribution in [1.82, 2.24) is 14.5 Å². The molecule has 1 aromatic carbocycles. The first-order valence-electron chi connectivity index (χ1n) is 7.11. The highest BCUT2D eigenvalue weighted by Crippen LogP contribution is 2.17. The second-order valence-electron chi connectivity index (χ2n) is 5.50. The first-order valence-corrected chi connectivity index (χ1v) is 7.90. The summed E-state index contributed by atoms with van der Waals surface area (Å²) in [5.74, 6) is -1.69. The Labute approximate surface area is 139 Å². The van der Waals surface area contributed by atoms with Gasteiger partial charge in [-0.3, -0.25) is 19.0 Å². The minimum Gasteiger partial charge on any atom is -0.481 e. The van der Waals surface area contributed by atoms with Crippen molar-refractivity contribution in [2.24, 2.45) is 5.92 Å². The van der Waals surface area contributed by atoms with Gasteiger partial charge in [-0.05, 0) is 24.6 Å². The van der Waals surface area contributed by atoms with Crippen LogP contribution >= 0.6 is 15.9 Å². The van der Waals surface area contributed by atoms with E-state index in [0.29, 0.717) is 23.9 Å². The van der Waals surface area contributed by atoms with E-state index in [0.717, 1.165) is 4.47 Å². The van der Waals surface area contributed by atoms with Crippen LogP contribution in [0.1, 0.15) is 6.42 Å². The number of rotatable bonds is 3. The predicted molar refractivity (Wildman–Crippen MR) is 86.0 cm³/mol. The van der Waals surface area contributed by atoms with E-state index in [1.165, 1.54) is 15.8 Å². The van der Waals surface area contributed by atoms with Crippen LogP contribution in [-0.2, 0) is 16.1 Å². The molecule has 2 aromatic rings. The Morgan fingerprint density at radius 2 is 2.17 bits per heavy atom. The summed E-state index contributed by atoms with van der Waals surface area (Å²) >= 11 is 3.31. The van der Waals surface area contributed by atoms with Crippen molar-refractivity contribution in [3.8, 4) is 0 Å². The molecule has 1 saturated heterocycles. The summed E-state index contributed by atoms with van der Waals surface area (Å²) in [5.41, 5.74) is 0.271. The molecule has 0 aliphatic carbocycles. The number of carbonyl (C=O) groups is 2. The molecule has 7 nitrogen and oxygen atoms in total. The minimum absolute atomic E-state index is 0.138. The summed E-state index contributed by atoms with van der Waals surface area (Å²) in [6.45, 7) is 0.452. The van der Waals surface area contributed by atoms with E-state index >= 15 is 0 Å². The zero-order valence-corrected chi connectivity index (χ0v) is 13.7. The van der Waals surface area contributed by atoms with E-state index < -0.39 is 11.9 Å². The molecule has 1 amide bonds. The van der Waals surface area contributed by atoms with Gasteiger partial charge in [-0.15, -0.1) is 0 Å². The van der Waals surface area contributed by atoms with Crippen LogP contribution in [0.4, 0.5) is 0 Å². The molecular formula is C15H14BrN3O4. The number of fused-ring (bicyclic) bond motifs is 1. The highest BCUT2D eigenvalue weighted by Gasteiger charge is 2.30. The van der Waals surface area contributed by atoms with Crippen molar-refractivity contribution in [3.05, 3.63) is 39.4 Å². The van der Waals surface area contributed by atoms with Gasteiger partial charge in [0.25, 0.3) is 5.56 Å². The molecule has 1 aromatic heterocycles. The van der Waals surface area contributed by atoms with Gasteiger partial charge in [0.1, 0.15) is 6.54 Å². The molecule has 1 aliphatic heterocycles. The molecular weight excluding hydrogens is 366 g/mol. The highest BCUT2D eigenvalue weighted by molar-refractivity contribution is 9.10. The lowest BCUT2D eigenvalue weighted by atomic mass is 10.1. The number of benzene rings is 1. The van der Waals surface area contributed by atoms with Gasteiger partial charge in [0.15, 0.2) is 0 Å². The van der Waals surface area contributed by atoms with Crippen LogP contribution in [0.2, 0.25) is 0 Å². The molecule has 0 saturated carbocycles. The Hall–Kier alpha value is -2.22. The lowest BCUT2D eigenvalue weighted by molar-refractivity contribution is -0.141. The van der Waals surface area contributed by atoms with Gasteiger partial charge in [0.2, 0.25) is 5.91 Å². The van der Waals surface area contributed by atoms with Crippen molar-refractivity contribution in [3.63, 3.8) is 0 Å². The summed E-state index contributed by atoms with van der Waals surface area (Å²) in [7, 11) is 0. The van der Waals surface area contributed by atoms with Gasteiger partial charge in [0, 0.05) is 17.6 Å². The van der Waals surface area contributed by atoms with E-state index in [1.54, 1.807) is 18.2 Å². The molecule has 0 spiro atoms. The predicted octanol–water partition coefficient (Wildman–Crippen LogP) is 1.09. The topological polar surface area (TPSA) is 92.5 Å². The summed E-state index contributed by atoms with van der Waals surface area (Å²) in [6.07, 6.45) is 1.79. The fourth-order valence-corrected chi connectivity index (χ4v) is 3.04. The van der Waals surface area contributed by atoms with Gasteiger partial charge < -0.3 is 10.0 Å². The molecule has 120 valence electrons. The van der Waals surface area contributed by atoms with Crippen molar-refractivity contribution >= 4 is 38.7 Å². The summed E-state index contributed by atoms with van der Waals surface area (Å²) in [5, 5.41) is 9.41. The first-order chi connectivity index (χ1) is 11.0. The third-order valence-corrected chi connectivity index (χ3v) is 4.48. The number of likely N-dealkylation sites (tertiary alicyclic amines) is 1. The minimum atomic E-state index is -0.894. The number of halogens is 1. The van der Waals surface area contributed by atoms with E-state index in [2.05, 4.69) is 20.9 Å². The Morgan fingerprint density at radius 1 is 1.39 bits per heavy atom. The molecule has 1 fully saturated rings. The normalized spacial score (nSPS) is 17.6. The number of aliphatic carboxylic acids is 1. The smallest absolute Gasteiger partial charge is 0.308 e. The van der Waals surface area contributed by atoms with Gasteiger partial charge in [-0.1, -0.05) is 15.9 Å². The molecule has 1 atom stereocenters. The van der Waals surface area contributed by atoms with E-state index in [1.807, 2.05) is 0 Å². The van der Waals surface area contributed by atoms with Crippen LogP contribution < -0.4 is 5.56 Å². The van der Waals surface area contributed by atoms with Crippen molar-refractivity contribution < 1.29 is 14.7 Å². The molecule has 1 aliphatic rings. The fraction of sp³-hybridized carbons (Fsp3) is 0.333. The molecule has 8 heteroatoms. The quantitative estimate of drug-likeness (QED) is 0.861. The van der Waals surface area contributed by atoms with Crippen LogP contribution in [0.3, 0.4) is 0 Å². The third kappa shape index (κ3) is 3.12. The maximum absolute atomic E-state index is 12.4. The van der Waals surface area contributed by atoms with Crippen molar-refractivity contribution in [1.29, 1.82) is 0 Å². The van der Waals surface area contributed by atoms with Crippen molar-refractivity contribution in [2.45, 2.75) is 13.0 Å². The van der Waals surface area contributed by atoms with Crippen LogP contribution in [0.15, 0.2) is 33.8 Å². The fourth-order valence-electron chi connectivity index (χ4n) is 2.68. The molecule has 1 N–H and O–H groups in total. The number of aromatic nitrogens is 2. The van der Waals surface area contributed by atoms with Gasteiger partial charge in [-0.25, -0.2) is 4.98 Å². The number of carboxylic acids is 1. The number of hydrogen-bond donors (Lipinski definition) is 1. The maximum atomic E-state index is 12.4. The molecule has 23 heavy (non-hydrogen) atoms. The highest BCUT2D eigenvalue weighted by atomic mass is 79.9. The molecule has 2 heterocycles. The second kappa shape index (κ2) is 6.11. The number of hydrogen-bond acceptors (Lipinski definition) is 4. The van der Waals surface area contributed by atoms with Gasteiger partial charge in [-0.2, -0.15) is 0 Å². The number of carbonyl (C=O) groups excluding carboxylic acids is 1. The average Bonchev–Trinajstić information content (AvgIpc) is 3.01.